The molecule has 1 aromatic carbocycles. The van der Waals surface area contributed by atoms with Crippen molar-refractivity contribution >= 4 is 0 Å². The first-order valence-electron chi connectivity index (χ1n) is 6.83. The largest absolute Gasteiger partial charge is 0.381 e. The van der Waals surface area contributed by atoms with E-state index in [1.807, 2.05) is 12.1 Å². The van der Waals surface area contributed by atoms with Gasteiger partial charge in [0.25, 0.3) is 0 Å². The van der Waals surface area contributed by atoms with Crippen molar-refractivity contribution in [1.29, 1.82) is 0 Å². The molecule has 0 aromatic heterocycles. The highest BCUT2D eigenvalue weighted by atomic mass is 19.1. The summed E-state index contributed by atoms with van der Waals surface area (Å²) in [7, 11) is 1.76. The molecule has 0 saturated carbocycles. The van der Waals surface area contributed by atoms with Crippen molar-refractivity contribution in [3.05, 3.63) is 35.6 Å². The molecule has 0 bridgehead atoms. The van der Waals surface area contributed by atoms with Crippen LogP contribution in [0.4, 0.5) is 4.39 Å². The first kappa shape index (κ1) is 13.0. The Bertz CT molecular complexity index is 446. The third-order valence-electron chi connectivity index (χ3n) is 4.16. The number of benzene rings is 1. The zero-order chi connectivity index (χ0) is 13.3. The van der Waals surface area contributed by atoms with Gasteiger partial charge in [0.15, 0.2) is 0 Å². The highest BCUT2D eigenvalue weighted by Gasteiger charge is 2.47. The van der Waals surface area contributed by atoms with E-state index in [0.717, 1.165) is 38.1 Å². The summed E-state index contributed by atoms with van der Waals surface area (Å²) in [5.41, 5.74) is 0.709. The van der Waals surface area contributed by atoms with Crippen molar-refractivity contribution in [1.82, 2.24) is 4.90 Å². The van der Waals surface area contributed by atoms with Crippen molar-refractivity contribution in [3.63, 3.8) is 0 Å². The van der Waals surface area contributed by atoms with Gasteiger partial charge in [0.2, 0.25) is 0 Å². The van der Waals surface area contributed by atoms with Gasteiger partial charge in [-0.15, -0.1) is 0 Å². The molecular formula is C15H20FNO2. The fourth-order valence-corrected chi connectivity index (χ4v) is 3.15. The van der Waals surface area contributed by atoms with Gasteiger partial charge in [-0.05, 0) is 12.5 Å². The highest BCUT2D eigenvalue weighted by molar-refractivity contribution is 5.18. The van der Waals surface area contributed by atoms with Crippen molar-refractivity contribution in [2.45, 2.75) is 31.1 Å². The number of halogens is 1. The molecule has 1 spiro atoms. The van der Waals surface area contributed by atoms with Gasteiger partial charge in [-0.3, -0.25) is 4.90 Å². The zero-order valence-corrected chi connectivity index (χ0v) is 11.3. The Kier molecular flexibility index (Phi) is 3.56. The first-order valence-corrected chi connectivity index (χ1v) is 6.83. The second-order valence-electron chi connectivity index (χ2n) is 5.62. The molecule has 2 heterocycles. The van der Waals surface area contributed by atoms with E-state index < -0.39 is 0 Å². The smallest absolute Gasteiger partial charge is 0.127 e. The van der Waals surface area contributed by atoms with Crippen LogP contribution in [0.15, 0.2) is 24.3 Å². The minimum atomic E-state index is -0.122. The summed E-state index contributed by atoms with van der Waals surface area (Å²) < 4.78 is 24.9. The standard InChI is InChI=1S/C15H20FNO2/c1-18-13-6-7-19-15(8-13)10-17(11-15)9-12-4-2-3-5-14(12)16/h2-5,13H,6-11H2,1H3/t13-/m0/s1. The van der Waals surface area contributed by atoms with Crippen LogP contribution >= 0.6 is 0 Å². The third kappa shape index (κ3) is 2.66. The first-order chi connectivity index (χ1) is 9.21. The molecule has 3 nitrogen and oxygen atoms in total. The molecule has 1 aromatic rings. The lowest BCUT2D eigenvalue weighted by molar-refractivity contribution is -0.195. The van der Waals surface area contributed by atoms with Crippen molar-refractivity contribution in [2.24, 2.45) is 0 Å². The maximum absolute atomic E-state index is 13.6. The van der Waals surface area contributed by atoms with E-state index in [1.54, 1.807) is 13.2 Å². The van der Waals surface area contributed by atoms with E-state index >= 15 is 0 Å². The van der Waals surface area contributed by atoms with E-state index in [4.69, 9.17) is 9.47 Å². The fourth-order valence-electron chi connectivity index (χ4n) is 3.15. The topological polar surface area (TPSA) is 21.7 Å². The van der Waals surface area contributed by atoms with Crippen LogP contribution in [0.5, 0.6) is 0 Å². The minimum Gasteiger partial charge on any atom is -0.381 e. The van der Waals surface area contributed by atoms with Crippen LogP contribution in [-0.2, 0) is 16.0 Å². The molecule has 4 heteroatoms. The summed E-state index contributed by atoms with van der Waals surface area (Å²) in [5.74, 6) is -0.122. The molecule has 2 fully saturated rings. The Labute approximate surface area is 113 Å². The van der Waals surface area contributed by atoms with E-state index in [9.17, 15) is 4.39 Å². The third-order valence-corrected chi connectivity index (χ3v) is 4.16. The molecule has 0 unspecified atom stereocenters. The average Bonchev–Trinajstić information content (AvgIpc) is 2.40. The number of hydrogen-bond acceptors (Lipinski definition) is 3. The summed E-state index contributed by atoms with van der Waals surface area (Å²) in [4.78, 5) is 2.23. The van der Waals surface area contributed by atoms with Gasteiger partial charge in [0.05, 0.1) is 11.7 Å². The molecule has 2 aliphatic heterocycles. The molecular weight excluding hydrogens is 245 g/mol. The van der Waals surface area contributed by atoms with Crippen LogP contribution in [0, 0.1) is 5.82 Å². The van der Waals surface area contributed by atoms with Crippen LogP contribution in [0.25, 0.3) is 0 Å². The van der Waals surface area contributed by atoms with Gasteiger partial charge in [0.1, 0.15) is 5.82 Å². The lowest BCUT2D eigenvalue weighted by Gasteiger charge is -2.53. The summed E-state index contributed by atoms with van der Waals surface area (Å²) in [6, 6.07) is 6.97. The van der Waals surface area contributed by atoms with E-state index in [1.165, 1.54) is 6.07 Å². The molecule has 0 N–H and O–H groups in total. The molecule has 0 radical (unpaired) electrons. The molecule has 104 valence electrons. The number of rotatable bonds is 3. The second kappa shape index (κ2) is 5.19. The Hall–Kier alpha value is -0.970. The van der Waals surface area contributed by atoms with Gasteiger partial charge in [0, 0.05) is 45.3 Å². The highest BCUT2D eigenvalue weighted by Crippen LogP contribution is 2.35. The number of methoxy groups -OCH3 is 1. The maximum Gasteiger partial charge on any atom is 0.127 e. The molecule has 19 heavy (non-hydrogen) atoms. The van der Waals surface area contributed by atoms with Crippen LogP contribution < -0.4 is 0 Å². The van der Waals surface area contributed by atoms with Gasteiger partial charge in [-0.1, -0.05) is 18.2 Å². The summed E-state index contributed by atoms with van der Waals surface area (Å²) in [5, 5.41) is 0. The van der Waals surface area contributed by atoms with E-state index in [-0.39, 0.29) is 11.4 Å². The van der Waals surface area contributed by atoms with Crippen LogP contribution in [0.2, 0.25) is 0 Å². The SMILES string of the molecule is CO[C@H]1CCOC2(C1)CN(Cc1ccccc1F)C2. The Morgan fingerprint density at radius 3 is 2.95 bits per heavy atom. The van der Waals surface area contributed by atoms with Crippen molar-refractivity contribution < 1.29 is 13.9 Å². The normalized spacial score (nSPS) is 26.3. The van der Waals surface area contributed by atoms with Crippen LogP contribution in [0.3, 0.4) is 0 Å². The molecule has 2 aliphatic rings. The number of ether oxygens (including phenoxy) is 2. The van der Waals surface area contributed by atoms with Gasteiger partial charge in [-0.2, -0.15) is 0 Å². The minimum absolute atomic E-state index is 0.0514. The number of nitrogens with zero attached hydrogens (tertiary/aromatic N) is 1. The molecule has 0 amide bonds. The van der Waals surface area contributed by atoms with Crippen molar-refractivity contribution in [2.75, 3.05) is 26.8 Å². The molecule has 3 rings (SSSR count). The van der Waals surface area contributed by atoms with Crippen molar-refractivity contribution in [3.8, 4) is 0 Å². The molecule has 1 atom stereocenters. The average molecular weight is 265 g/mol. The number of hydrogen-bond donors (Lipinski definition) is 0. The summed E-state index contributed by atoms with van der Waals surface area (Å²) in [6.07, 6.45) is 2.24. The fraction of sp³-hybridized carbons (Fsp3) is 0.600. The lowest BCUT2D eigenvalue weighted by atomic mass is 9.84. The maximum atomic E-state index is 13.6. The van der Waals surface area contributed by atoms with Gasteiger partial charge >= 0.3 is 0 Å². The van der Waals surface area contributed by atoms with Crippen LogP contribution in [0.1, 0.15) is 18.4 Å². The predicted molar refractivity (Wildman–Crippen MR) is 70.4 cm³/mol. The molecule has 2 saturated heterocycles. The lowest BCUT2D eigenvalue weighted by Crippen LogP contribution is -2.65. The predicted octanol–water partition coefficient (Wildman–Crippen LogP) is 2.21. The Morgan fingerprint density at radius 1 is 1.42 bits per heavy atom. The zero-order valence-electron chi connectivity index (χ0n) is 11.3. The van der Waals surface area contributed by atoms with Gasteiger partial charge in [-0.25, -0.2) is 4.39 Å². The number of likely N-dealkylation sites (tertiary alicyclic amines) is 1. The van der Waals surface area contributed by atoms with Gasteiger partial charge < -0.3 is 9.47 Å². The Morgan fingerprint density at radius 2 is 2.21 bits per heavy atom. The van der Waals surface area contributed by atoms with Crippen LogP contribution in [-0.4, -0.2) is 43.4 Å². The molecule has 0 aliphatic carbocycles. The summed E-state index contributed by atoms with van der Waals surface area (Å²) in [6.45, 7) is 3.18. The monoisotopic (exact) mass is 265 g/mol. The van der Waals surface area contributed by atoms with E-state index in [0.29, 0.717) is 12.6 Å². The second-order valence-corrected chi connectivity index (χ2v) is 5.62. The summed E-state index contributed by atoms with van der Waals surface area (Å²) >= 11 is 0. The van der Waals surface area contributed by atoms with E-state index in [2.05, 4.69) is 4.90 Å². The Balaban J connectivity index is 1.56. The quantitative estimate of drug-likeness (QED) is 0.836.